The molecule has 0 atom stereocenters. The predicted octanol–water partition coefficient (Wildman–Crippen LogP) is 5.96. The largest absolute Gasteiger partial charge is 0.494 e. The third-order valence-corrected chi connectivity index (χ3v) is 6.34. The van der Waals surface area contributed by atoms with E-state index in [1.165, 1.54) is 0 Å². The first-order chi connectivity index (χ1) is 15.1. The fourth-order valence-corrected chi connectivity index (χ4v) is 4.60. The smallest absolute Gasteiger partial charge is 0.196 e. The molecule has 31 heavy (non-hydrogen) atoms. The first kappa shape index (κ1) is 21.7. The second-order valence-electron chi connectivity index (χ2n) is 6.55. The predicted molar refractivity (Wildman–Crippen MR) is 125 cm³/mol. The van der Waals surface area contributed by atoms with Crippen molar-refractivity contribution in [3.63, 3.8) is 0 Å². The lowest BCUT2D eigenvalue weighted by molar-refractivity contribution is 0.291. The molecule has 9 heteroatoms. The van der Waals surface area contributed by atoms with E-state index in [2.05, 4.69) is 20.6 Å². The molecular weight excluding hydrogens is 452 g/mol. The van der Waals surface area contributed by atoms with Crippen LogP contribution >= 0.6 is 34.7 Å². The molecule has 2 aromatic heterocycles. The summed E-state index contributed by atoms with van der Waals surface area (Å²) in [5.74, 6) is 2.97. The Morgan fingerprint density at radius 1 is 1.00 bits per heavy atom. The van der Waals surface area contributed by atoms with Crippen LogP contribution in [-0.2, 0) is 12.4 Å². The molecular formula is C22H21ClN4O2S2. The summed E-state index contributed by atoms with van der Waals surface area (Å²) in [4.78, 5) is 4.53. The van der Waals surface area contributed by atoms with Crippen LogP contribution in [-0.4, -0.2) is 26.4 Å². The van der Waals surface area contributed by atoms with Crippen molar-refractivity contribution >= 4 is 34.7 Å². The van der Waals surface area contributed by atoms with Gasteiger partial charge in [0.15, 0.2) is 11.0 Å². The van der Waals surface area contributed by atoms with Crippen LogP contribution in [0.25, 0.3) is 5.69 Å². The van der Waals surface area contributed by atoms with Crippen molar-refractivity contribution < 1.29 is 9.47 Å². The molecule has 0 fully saturated rings. The highest BCUT2D eigenvalue weighted by molar-refractivity contribution is 7.98. The van der Waals surface area contributed by atoms with Gasteiger partial charge in [-0.1, -0.05) is 23.4 Å². The molecule has 0 aliphatic heterocycles. The van der Waals surface area contributed by atoms with Gasteiger partial charge in [-0.15, -0.1) is 21.5 Å². The van der Waals surface area contributed by atoms with E-state index in [1.54, 1.807) is 23.1 Å². The fraction of sp³-hybridized carbons (Fsp3) is 0.227. The van der Waals surface area contributed by atoms with Gasteiger partial charge in [0.1, 0.15) is 18.1 Å². The number of aromatic nitrogens is 4. The zero-order chi connectivity index (χ0) is 21.6. The maximum absolute atomic E-state index is 6.08. The first-order valence-electron chi connectivity index (χ1n) is 9.72. The number of thioether (sulfide) groups is 1. The SMILES string of the molecule is CCOc1ccc(OCc2nnc(SCc3csc(C)n3)n2-c2ccc(Cl)cc2)cc1. The summed E-state index contributed by atoms with van der Waals surface area (Å²) < 4.78 is 13.4. The topological polar surface area (TPSA) is 62.1 Å². The molecule has 4 aromatic rings. The number of thiazole rings is 1. The molecule has 0 bridgehead atoms. The Balaban J connectivity index is 1.54. The summed E-state index contributed by atoms with van der Waals surface area (Å²) >= 11 is 9.32. The lowest BCUT2D eigenvalue weighted by Crippen LogP contribution is -2.06. The van der Waals surface area contributed by atoms with Gasteiger partial charge in [-0.25, -0.2) is 4.98 Å². The van der Waals surface area contributed by atoms with Gasteiger partial charge in [0.2, 0.25) is 0 Å². The number of halogens is 1. The maximum Gasteiger partial charge on any atom is 0.196 e. The van der Waals surface area contributed by atoms with E-state index in [-0.39, 0.29) is 6.61 Å². The van der Waals surface area contributed by atoms with E-state index in [0.717, 1.165) is 38.8 Å². The van der Waals surface area contributed by atoms with Crippen molar-refractivity contribution in [2.24, 2.45) is 0 Å². The lowest BCUT2D eigenvalue weighted by atomic mass is 10.3. The first-order valence-corrected chi connectivity index (χ1v) is 12.0. The monoisotopic (exact) mass is 472 g/mol. The minimum atomic E-state index is 0.278. The number of rotatable bonds is 9. The molecule has 0 aliphatic rings. The third-order valence-electron chi connectivity index (χ3n) is 4.30. The van der Waals surface area contributed by atoms with Crippen LogP contribution in [0.15, 0.2) is 59.1 Å². The zero-order valence-corrected chi connectivity index (χ0v) is 19.5. The third kappa shape index (κ3) is 5.58. The van der Waals surface area contributed by atoms with Crippen LogP contribution in [0.1, 0.15) is 23.4 Å². The minimum absolute atomic E-state index is 0.278. The van der Waals surface area contributed by atoms with Crippen molar-refractivity contribution in [2.75, 3.05) is 6.61 Å². The van der Waals surface area contributed by atoms with Crippen LogP contribution in [0, 0.1) is 6.92 Å². The van der Waals surface area contributed by atoms with Crippen LogP contribution in [0.4, 0.5) is 0 Å². The molecule has 160 valence electrons. The second kappa shape index (κ2) is 10.2. The fourth-order valence-electron chi connectivity index (χ4n) is 2.90. The molecule has 6 nitrogen and oxygen atoms in total. The van der Waals surface area contributed by atoms with Gasteiger partial charge in [-0.2, -0.15) is 0 Å². The summed E-state index contributed by atoms with van der Waals surface area (Å²) in [6, 6.07) is 15.1. The van der Waals surface area contributed by atoms with Crippen molar-refractivity contribution in [3.05, 3.63) is 75.5 Å². The van der Waals surface area contributed by atoms with Gasteiger partial charge < -0.3 is 9.47 Å². The van der Waals surface area contributed by atoms with E-state index in [0.29, 0.717) is 17.5 Å². The van der Waals surface area contributed by atoms with Gasteiger partial charge in [-0.05, 0) is 62.4 Å². The molecule has 0 saturated carbocycles. The summed E-state index contributed by atoms with van der Waals surface area (Å²) in [5, 5.41) is 13.4. The molecule has 2 aromatic carbocycles. The Hall–Kier alpha value is -2.55. The highest BCUT2D eigenvalue weighted by Crippen LogP contribution is 2.27. The molecule has 0 radical (unpaired) electrons. The molecule has 4 rings (SSSR count). The summed E-state index contributed by atoms with van der Waals surface area (Å²) in [6.45, 7) is 4.87. The average Bonchev–Trinajstić information content (AvgIpc) is 3.38. The molecule has 0 unspecified atom stereocenters. The van der Waals surface area contributed by atoms with Crippen LogP contribution in [0.2, 0.25) is 5.02 Å². The van der Waals surface area contributed by atoms with E-state index >= 15 is 0 Å². The number of ether oxygens (including phenoxy) is 2. The quantitative estimate of drug-likeness (QED) is 0.280. The standard InChI is InChI=1S/C22H21ClN4O2S2/c1-3-28-19-8-10-20(11-9-19)29-12-21-25-26-22(31-14-17-13-30-15(2)24-17)27(21)18-6-4-16(23)5-7-18/h4-11,13H,3,12,14H2,1-2H3. The zero-order valence-electron chi connectivity index (χ0n) is 17.1. The minimum Gasteiger partial charge on any atom is -0.494 e. The summed E-state index contributed by atoms with van der Waals surface area (Å²) in [5.41, 5.74) is 1.96. The lowest BCUT2D eigenvalue weighted by Gasteiger charge is -2.11. The molecule has 0 aliphatic carbocycles. The Kier molecular flexibility index (Phi) is 7.11. The number of hydrogen-bond acceptors (Lipinski definition) is 7. The maximum atomic E-state index is 6.08. The Morgan fingerprint density at radius 2 is 1.71 bits per heavy atom. The molecule has 0 spiro atoms. The van der Waals surface area contributed by atoms with Crippen molar-refractivity contribution in [1.29, 1.82) is 0 Å². The Bertz CT molecular complexity index is 1130. The molecule has 0 saturated heterocycles. The van der Waals surface area contributed by atoms with Gasteiger partial charge in [0.25, 0.3) is 0 Å². The molecule has 0 amide bonds. The second-order valence-corrected chi connectivity index (χ2v) is 8.99. The molecule has 0 N–H and O–H groups in total. The van der Waals surface area contributed by atoms with Crippen molar-refractivity contribution in [3.8, 4) is 17.2 Å². The van der Waals surface area contributed by atoms with E-state index in [4.69, 9.17) is 21.1 Å². The number of hydrogen-bond donors (Lipinski definition) is 0. The Morgan fingerprint density at radius 3 is 2.35 bits per heavy atom. The highest BCUT2D eigenvalue weighted by Gasteiger charge is 2.16. The number of benzene rings is 2. The van der Waals surface area contributed by atoms with E-state index in [9.17, 15) is 0 Å². The van der Waals surface area contributed by atoms with E-state index in [1.807, 2.05) is 66.9 Å². The van der Waals surface area contributed by atoms with E-state index < -0.39 is 0 Å². The highest BCUT2D eigenvalue weighted by atomic mass is 35.5. The average molecular weight is 473 g/mol. The van der Waals surface area contributed by atoms with Crippen LogP contribution < -0.4 is 9.47 Å². The number of aryl methyl sites for hydroxylation is 1. The summed E-state index contributed by atoms with van der Waals surface area (Å²) in [6.07, 6.45) is 0. The van der Waals surface area contributed by atoms with Crippen LogP contribution in [0.3, 0.4) is 0 Å². The number of nitrogens with zero attached hydrogens (tertiary/aromatic N) is 4. The van der Waals surface area contributed by atoms with Gasteiger partial charge in [0, 0.05) is 21.8 Å². The summed E-state index contributed by atoms with van der Waals surface area (Å²) in [7, 11) is 0. The van der Waals surface area contributed by atoms with Gasteiger partial charge in [-0.3, -0.25) is 4.57 Å². The van der Waals surface area contributed by atoms with Crippen molar-refractivity contribution in [1.82, 2.24) is 19.7 Å². The Labute approximate surface area is 194 Å². The van der Waals surface area contributed by atoms with Crippen molar-refractivity contribution in [2.45, 2.75) is 31.4 Å². The normalized spacial score (nSPS) is 10.9. The molecule has 2 heterocycles. The van der Waals surface area contributed by atoms with Crippen LogP contribution in [0.5, 0.6) is 11.5 Å². The van der Waals surface area contributed by atoms with Gasteiger partial charge >= 0.3 is 0 Å². The van der Waals surface area contributed by atoms with Gasteiger partial charge in [0.05, 0.1) is 17.3 Å².